The van der Waals surface area contributed by atoms with Crippen molar-refractivity contribution in [3.63, 3.8) is 0 Å². The Hall–Kier alpha value is -0.810. The van der Waals surface area contributed by atoms with Gasteiger partial charge in [0, 0.05) is 62.8 Å². The first kappa shape index (κ1) is 12.6. The zero-order valence-corrected chi connectivity index (χ0v) is 11.0. The number of imidazole rings is 1. The van der Waals surface area contributed by atoms with Gasteiger partial charge in [-0.15, -0.1) is 0 Å². The molecule has 0 aliphatic carbocycles. The molecule has 1 aromatic heterocycles. The van der Waals surface area contributed by atoms with Crippen LogP contribution in [0, 0.1) is 0 Å². The summed E-state index contributed by atoms with van der Waals surface area (Å²) < 4.78 is 1.97. The van der Waals surface area contributed by atoms with Crippen LogP contribution in [0.25, 0.3) is 0 Å². The van der Waals surface area contributed by atoms with Crippen LogP contribution < -0.4 is 5.32 Å². The molecule has 17 heavy (non-hydrogen) atoms. The number of carbonyl (C=O) groups is 1. The summed E-state index contributed by atoms with van der Waals surface area (Å²) >= 11 is 1.93. The fourth-order valence-corrected chi connectivity index (χ4v) is 2.97. The van der Waals surface area contributed by atoms with E-state index in [2.05, 4.69) is 10.3 Å². The number of aromatic nitrogens is 2. The van der Waals surface area contributed by atoms with E-state index in [1.165, 1.54) is 0 Å². The van der Waals surface area contributed by atoms with Gasteiger partial charge in [0.25, 0.3) is 0 Å². The van der Waals surface area contributed by atoms with Crippen molar-refractivity contribution in [1.29, 1.82) is 0 Å². The van der Waals surface area contributed by atoms with Crippen LogP contribution in [0.5, 0.6) is 0 Å². The van der Waals surface area contributed by atoms with Crippen LogP contribution in [-0.2, 0) is 18.3 Å². The summed E-state index contributed by atoms with van der Waals surface area (Å²) in [6.07, 6.45) is 5.71. The van der Waals surface area contributed by atoms with Crippen LogP contribution >= 0.6 is 11.8 Å². The van der Waals surface area contributed by atoms with E-state index in [9.17, 15) is 4.79 Å². The van der Waals surface area contributed by atoms with Crippen LogP contribution in [0.15, 0.2) is 12.4 Å². The second kappa shape index (κ2) is 6.21. The molecular formula is C12H19N3OS. The first-order valence-corrected chi connectivity index (χ1v) is 7.20. The van der Waals surface area contributed by atoms with Crippen molar-refractivity contribution in [3.8, 4) is 0 Å². The smallest absolute Gasteiger partial charge is 0.134 e. The second-order valence-electron chi connectivity index (χ2n) is 4.42. The van der Waals surface area contributed by atoms with Crippen LogP contribution in [0.4, 0.5) is 0 Å². The van der Waals surface area contributed by atoms with Crippen molar-refractivity contribution in [2.75, 3.05) is 18.1 Å². The lowest BCUT2D eigenvalue weighted by Gasteiger charge is -2.22. The Morgan fingerprint density at radius 2 is 2.59 bits per heavy atom. The molecule has 1 saturated heterocycles. The molecule has 4 nitrogen and oxygen atoms in total. The lowest BCUT2D eigenvalue weighted by atomic mass is 10.1. The van der Waals surface area contributed by atoms with Crippen molar-refractivity contribution in [1.82, 2.24) is 14.9 Å². The van der Waals surface area contributed by atoms with Gasteiger partial charge in [-0.3, -0.25) is 4.79 Å². The van der Waals surface area contributed by atoms with E-state index in [1.54, 1.807) is 6.20 Å². The average molecular weight is 253 g/mol. The minimum absolute atomic E-state index is 0.341. The van der Waals surface area contributed by atoms with Gasteiger partial charge in [0.1, 0.15) is 11.6 Å². The van der Waals surface area contributed by atoms with Gasteiger partial charge in [-0.05, 0) is 0 Å². The Morgan fingerprint density at radius 3 is 3.24 bits per heavy atom. The minimum Gasteiger partial charge on any atom is -0.338 e. The molecule has 0 amide bonds. The number of rotatable bonds is 5. The average Bonchev–Trinajstić information content (AvgIpc) is 2.74. The maximum absolute atomic E-state index is 11.8. The van der Waals surface area contributed by atoms with Gasteiger partial charge < -0.3 is 9.88 Å². The van der Waals surface area contributed by atoms with Crippen LogP contribution in [0.2, 0.25) is 0 Å². The molecule has 94 valence electrons. The fraction of sp³-hybridized carbons (Fsp3) is 0.667. The quantitative estimate of drug-likeness (QED) is 0.851. The predicted octanol–water partition coefficient (Wildman–Crippen LogP) is 1.02. The maximum atomic E-state index is 11.8. The van der Waals surface area contributed by atoms with Crippen LogP contribution in [0.1, 0.15) is 18.7 Å². The molecule has 1 N–H and O–H groups in total. The third-order valence-electron chi connectivity index (χ3n) is 3.02. The molecule has 0 bridgehead atoms. The molecule has 1 fully saturated rings. The first-order chi connectivity index (χ1) is 8.25. The van der Waals surface area contributed by atoms with Crippen molar-refractivity contribution in [3.05, 3.63) is 18.2 Å². The summed E-state index contributed by atoms with van der Waals surface area (Å²) in [6, 6.07) is 0.377. The molecule has 1 aromatic rings. The highest BCUT2D eigenvalue weighted by Crippen LogP contribution is 2.12. The second-order valence-corrected chi connectivity index (χ2v) is 5.57. The molecule has 2 heterocycles. The van der Waals surface area contributed by atoms with Crippen LogP contribution in [0.3, 0.4) is 0 Å². The van der Waals surface area contributed by atoms with E-state index < -0.39 is 0 Å². The molecule has 1 atom stereocenters. The number of aryl methyl sites for hydroxylation is 2. The van der Waals surface area contributed by atoms with E-state index in [-0.39, 0.29) is 0 Å². The Kier molecular flexibility index (Phi) is 4.62. The standard InChI is InChI=1S/C12H19N3OS/c1-15-6-4-14-12(15)3-2-11(16)8-10-9-17-7-5-13-10/h4,6,10,13H,2-3,5,7-9H2,1H3. The number of Topliss-reactive ketones (excluding diaryl/α,β-unsaturated/α-hetero) is 1. The highest BCUT2D eigenvalue weighted by Gasteiger charge is 2.16. The van der Waals surface area contributed by atoms with Gasteiger partial charge in [0.2, 0.25) is 0 Å². The van der Waals surface area contributed by atoms with E-state index in [4.69, 9.17) is 0 Å². The summed E-state index contributed by atoms with van der Waals surface area (Å²) in [4.78, 5) is 16.1. The normalized spacial score (nSPS) is 20.4. The Morgan fingerprint density at radius 1 is 1.71 bits per heavy atom. The number of thioether (sulfide) groups is 1. The van der Waals surface area contributed by atoms with E-state index in [0.29, 0.717) is 24.7 Å². The Bertz CT molecular complexity index is 372. The number of nitrogens with zero attached hydrogens (tertiary/aromatic N) is 2. The summed E-state index contributed by atoms with van der Waals surface area (Å²) in [5.74, 6) is 3.56. The van der Waals surface area contributed by atoms with Gasteiger partial charge in [-0.25, -0.2) is 4.98 Å². The lowest BCUT2D eigenvalue weighted by Crippen LogP contribution is -2.38. The number of nitrogens with one attached hydrogen (secondary N) is 1. The van der Waals surface area contributed by atoms with Crippen molar-refractivity contribution >= 4 is 17.5 Å². The van der Waals surface area contributed by atoms with Crippen LogP contribution in [-0.4, -0.2) is 39.4 Å². The molecule has 0 radical (unpaired) electrons. The SMILES string of the molecule is Cn1ccnc1CCC(=O)CC1CSCCN1. The Labute approximate surface area is 106 Å². The minimum atomic E-state index is 0.341. The lowest BCUT2D eigenvalue weighted by molar-refractivity contribution is -0.119. The number of hydrogen-bond donors (Lipinski definition) is 1. The van der Waals surface area contributed by atoms with E-state index in [1.807, 2.05) is 29.6 Å². The largest absolute Gasteiger partial charge is 0.338 e. The predicted molar refractivity (Wildman–Crippen MR) is 70.3 cm³/mol. The molecule has 1 aliphatic heterocycles. The molecule has 0 saturated carbocycles. The summed E-state index contributed by atoms with van der Waals surface area (Å²) in [5.41, 5.74) is 0. The maximum Gasteiger partial charge on any atom is 0.134 e. The third-order valence-corrected chi connectivity index (χ3v) is 4.15. The van der Waals surface area contributed by atoms with Crippen molar-refractivity contribution < 1.29 is 4.79 Å². The summed E-state index contributed by atoms with van der Waals surface area (Å²) in [6.45, 7) is 1.03. The zero-order chi connectivity index (χ0) is 12.1. The van der Waals surface area contributed by atoms with Gasteiger partial charge in [0.15, 0.2) is 0 Å². The number of ketones is 1. The highest BCUT2D eigenvalue weighted by atomic mass is 32.2. The third kappa shape index (κ3) is 3.85. The van der Waals surface area contributed by atoms with Gasteiger partial charge >= 0.3 is 0 Å². The van der Waals surface area contributed by atoms with E-state index in [0.717, 1.165) is 30.3 Å². The van der Waals surface area contributed by atoms with Crippen molar-refractivity contribution in [2.45, 2.75) is 25.3 Å². The number of carbonyl (C=O) groups excluding carboxylic acids is 1. The topological polar surface area (TPSA) is 46.9 Å². The van der Waals surface area contributed by atoms with Gasteiger partial charge in [0.05, 0.1) is 0 Å². The molecule has 1 unspecified atom stereocenters. The Balaban J connectivity index is 1.72. The summed E-state index contributed by atoms with van der Waals surface area (Å²) in [7, 11) is 1.96. The van der Waals surface area contributed by atoms with Gasteiger partial charge in [-0.1, -0.05) is 0 Å². The molecule has 1 aliphatic rings. The monoisotopic (exact) mass is 253 g/mol. The molecule has 0 aromatic carbocycles. The molecular weight excluding hydrogens is 234 g/mol. The summed E-state index contributed by atoms with van der Waals surface area (Å²) in [5, 5.41) is 3.39. The zero-order valence-electron chi connectivity index (χ0n) is 10.2. The highest BCUT2D eigenvalue weighted by molar-refractivity contribution is 7.99. The molecule has 2 rings (SSSR count). The first-order valence-electron chi connectivity index (χ1n) is 6.05. The van der Waals surface area contributed by atoms with E-state index >= 15 is 0 Å². The molecule has 0 spiro atoms. The van der Waals surface area contributed by atoms with Gasteiger partial charge in [-0.2, -0.15) is 11.8 Å². The molecule has 5 heteroatoms. The fourth-order valence-electron chi connectivity index (χ4n) is 2.02. The van der Waals surface area contributed by atoms with Crippen molar-refractivity contribution in [2.24, 2.45) is 7.05 Å². The number of hydrogen-bond acceptors (Lipinski definition) is 4.